The molecule has 1 unspecified atom stereocenters. The molecule has 0 aliphatic heterocycles. The molecule has 0 saturated carbocycles. The second kappa shape index (κ2) is 7.66. The van der Waals surface area contributed by atoms with E-state index >= 15 is 0 Å². The summed E-state index contributed by atoms with van der Waals surface area (Å²) >= 11 is 5.97. The largest absolute Gasteiger partial charge is 0.465 e. The summed E-state index contributed by atoms with van der Waals surface area (Å²) in [5, 5.41) is 3.68. The Hall–Kier alpha value is -2.78. The first kappa shape index (κ1) is 16.1. The summed E-state index contributed by atoms with van der Waals surface area (Å²) in [6.07, 6.45) is 4.67. The van der Waals surface area contributed by atoms with E-state index in [9.17, 15) is 4.79 Å². The number of benzene rings is 2. The molecule has 3 rings (SSSR count). The summed E-state index contributed by atoms with van der Waals surface area (Å²) in [7, 11) is 0. The van der Waals surface area contributed by atoms with E-state index in [1.54, 1.807) is 24.5 Å². The highest BCUT2D eigenvalue weighted by Crippen LogP contribution is 2.23. The van der Waals surface area contributed by atoms with Gasteiger partial charge in [-0.25, -0.2) is 0 Å². The van der Waals surface area contributed by atoms with Crippen LogP contribution in [0.3, 0.4) is 0 Å². The predicted octanol–water partition coefficient (Wildman–Crippen LogP) is 4.85. The first-order chi connectivity index (χ1) is 11.7. The number of amides is 1. The van der Waals surface area contributed by atoms with E-state index in [2.05, 4.69) is 5.32 Å². The molecule has 3 nitrogen and oxygen atoms in total. The smallest absolute Gasteiger partial charge is 0.244 e. The molecule has 1 N–H and O–H groups in total. The van der Waals surface area contributed by atoms with Crippen LogP contribution >= 0.6 is 11.6 Å². The summed E-state index contributed by atoms with van der Waals surface area (Å²) in [6.45, 7) is 0. The molecule has 1 aromatic heterocycles. The number of rotatable bonds is 5. The average molecular weight is 338 g/mol. The van der Waals surface area contributed by atoms with Crippen molar-refractivity contribution in [1.82, 2.24) is 5.32 Å². The molecule has 0 spiro atoms. The Morgan fingerprint density at radius 2 is 1.67 bits per heavy atom. The maximum atomic E-state index is 12.3. The van der Waals surface area contributed by atoms with Crippen molar-refractivity contribution < 1.29 is 9.21 Å². The van der Waals surface area contributed by atoms with Gasteiger partial charge in [-0.15, -0.1) is 0 Å². The normalized spacial score (nSPS) is 12.2. The molecule has 0 radical (unpaired) electrons. The van der Waals surface area contributed by atoms with Gasteiger partial charge in [-0.1, -0.05) is 54.1 Å². The lowest BCUT2D eigenvalue weighted by atomic mass is 9.98. The zero-order chi connectivity index (χ0) is 16.8. The second-order valence-electron chi connectivity index (χ2n) is 5.25. The van der Waals surface area contributed by atoms with Crippen LogP contribution in [0.1, 0.15) is 22.9 Å². The van der Waals surface area contributed by atoms with Crippen molar-refractivity contribution in [3.8, 4) is 0 Å². The van der Waals surface area contributed by atoms with E-state index in [0.717, 1.165) is 11.1 Å². The summed E-state index contributed by atoms with van der Waals surface area (Å²) in [5.41, 5.74) is 1.96. The van der Waals surface area contributed by atoms with E-state index in [4.69, 9.17) is 16.0 Å². The van der Waals surface area contributed by atoms with Crippen molar-refractivity contribution in [3.63, 3.8) is 0 Å². The van der Waals surface area contributed by atoms with Gasteiger partial charge in [0.15, 0.2) is 0 Å². The molecule has 1 amide bonds. The second-order valence-corrected chi connectivity index (χ2v) is 5.69. The first-order valence-corrected chi connectivity index (χ1v) is 7.92. The van der Waals surface area contributed by atoms with Crippen molar-refractivity contribution in [1.29, 1.82) is 0 Å². The highest BCUT2D eigenvalue weighted by molar-refractivity contribution is 6.30. The van der Waals surface area contributed by atoms with Crippen LogP contribution in [0.25, 0.3) is 6.08 Å². The average Bonchev–Trinajstić information content (AvgIpc) is 3.13. The summed E-state index contributed by atoms with van der Waals surface area (Å²) < 4.78 is 5.19. The Labute approximate surface area is 145 Å². The van der Waals surface area contributed by atoms with Crippen LogP contribution in [0.5, 0.6) is 0 Å². The molecule has 1 heterocycles. The highest BCUT2D eigenvalue weighted by Gasteiger charge is 2.15. The third-order valence-corrected chi connectivity index (χ3v) is 3.82. The van der Waals surface area contributed by atoms with Crippen molar-refractivity contribution >= 4 is 23.6 Å². The Bertz CT molecular complexity index is 809. The van der Waals surface area contributed by atoms with E-state index < -0.39 is 0 Å². The summed E-state index contributed by atoms with van der Waals surface area (Å²) in [4.78, 5) is 12.3. The van der Waals surface area contributed by atoms with Crippen molar-refractivity contribution in [2.45, 2.75) is 6.04 Å². The fourth-order valence-corrected chi connectivity index (χ4v) is 2.52. The predicted molar refractivity (Wildman–Crippen MR) is 95.6 cm³/mol. The number of carbonyl (C=O) groups is 1. The number of halogens is 1. The number of nitrogens with one attached hydrogen (secondary N) is 1. The van der Waals surface area contributed by atoms with Crippen LogP contribution < -0.4 is 5.32 Å². The molecule has 3 aromatic rings. The quantitative estimate of drug-likeness (QED) is 0.676. The van der Waals surface area contributed by atoms with Crippen LogP contribution in [0.2, 0.25) is 5.02 Å². The van der Waals surface area contributed by atoms with E-state index in [1.807, 2.05) is 54.6 Å². The lowest BCUT2D eigenvalue weighted by Crippen LogP contribution is -2.27. The van der Waals surface area contributed by atoms with Gasteiger partial charge in [0.25, 0.3) is 0 Å². The van der Waals surface area contributed by atoms with Gasteiger partial charge in [-0.3, -0.25) is 4.79 Å². The summed E-state index contributed by atoms with van der Waals surface area (Å²) in [6, 6.07) is 20.6. The standard InChI is InChI=1S/C20H16ClNO2/c21-17-10-8-16(9-11-17)20(15-5-2-1-3-6-15)22-19(23)13-12-18-7-4-14-24-18/h1-14,20H,(H,22,23)/b13-12+. The Balaban J connectivity index is 1.82. The van der Waals surface area contributed by atoms with Gasteiger partial charge < -0.3 is 9.73 Å². The lowest BCUT2D eigenvalue weighted by molar-refractivity contribution is -0.116. The van der Waals surface area contributed by atoms with E-state index in [0.29, 0.717) is 10.8 Å². The van der Waals surface area contributed by atoms with Gasteiger partial charge in [0.05, 0.1) is 12.3 Å². The van der Waals surface area contributed by atoms with Crippen LogP contribution in [-0.2, 0) is 4.79 Å². The Morgan fingerprint density at radius 1 is 0.958 bits per heavy atom. The zero-order valence-corrected chi connectivity index (χ0v) is 13.6. The van der Waals surface area contributed by atoms with Gasteiger partial charge >= 0.3 is 0 Å². The minimum absolute atomic E-state index is 0.199. The molecular weight excluding hydrogens is 322 g/mol. The molecule has 120 valence electrons. The molecule has 0 bridgehead atoms. The molecule has 0 fully saturated rings. The molecule has 2 aromatic carbocycles. The first-order valence-electron chi connectivity index (χ1n) is 7.55. The van der Waals surface area contributed by atoms with Gasteiger partial charge in [0, 0.05) is 11.1 Å². The van der Waals surface area contributed by atoms with Crippen LogP contribution in [-0.4, -0.2) is 5.91 Å². The maximum absolute atomic E-state index is 12.3. The Morgan fingerprint density at radius 3 is 2.33 bits per heavy atom. The van der Waals surface area contributed by atoms with Gasteiger partial charge in [0.2, 0.25) is 5.91 Å². The lowest BCUT2D eigenvalue weighted by Gasteiger charge is -2.19. The monoisotopic (exact) mass is 337 g/mol. The summed E-state index contributed by atoms with van der Waals surface area (Å²) in [5.74, 6) is 0.433. The molecule has 24 heavy (non-hydrogen) atoms. The topological polar surface area (TPSA) is 42.2 Å². The third-order valence-electron chi connectivity index (χ3n) is 3.56. The minimum atomic E-state index is -0.253. The number of carbonyl (C=O) groups excluding carboxylic acids is 1. The zero-order valence-electron chi connectivity index (χ0n) is 12.9. The van der Waals surface area contributed by atoms with Crippen molar-refractivity contribution in [3.05, 3.63) is 101 Å². The number of furan rings is 1. The minimum Gasteiger partial charge on any atom is -0.465 e. The molecule has 0 aliphatic rings. The third kappa shape index (κ3) is 4.15. The number of hydrogen-bond donors (Lipinski definition) is 1. The molecule has 1 atom stereocenters. The Kier molecular flexibility index (Phi) is 5.14. The fourth-order valence-electron chi connectivity index (χ4n) is 2.39. The van der Waals surface area contributed by atoms with Gasteiger partial charge in [-0.05, 0) is 41.5 Å². The molecular formula is C20H16ClNO2. The molecule has 0 saturated heterocycles. The number of hydrogen-bond acceptors (Lipinski definition) is 2. The van der Waals surface area contributed by atoms with Gasteiger partial charge in [0.1, 0.15) is 5.76 Å². The van der Waals surface area contributed by atoms with Crippen LogP contribution in [0.15, 0.2) is 83.5 Å². The van der Waals surface area contributed by atoms with Crippen molar-refractivity contribution in [2.75, 3.05) is 0 Å². The van der Waals surface area contributed by atoms with Crippen LogP contribution in [0, 0.1) is 0 Å². The molecule has 4 heteroatoms. The maximum Gasteiger partial charge on any atom is 0.244 e. The van der Waals surface area contributed by atoms with Crippen LogP contribution in [0.4, 0.5) is 0 Å². The molecule has 0 aliphatic carbocycles. The highest BCUT2D eigenvalue weighted by atomic mass is 35.5. The van der Waals surface area contributed by atoms with Gasteiger partial charge in [-0.2, -0.15) is 0 Å². The van der Waals surface area contributed by atoms with E-state index in [1.165, 1.54) is 6.08 Å². The SMILES string of the molecule is O=C(/C=C/c1ccco1)NC(c1ccccc1)c1ccc(Cl)cc1. The fraction of sp³-hybridized carbons (Fsp3) is 0.0500. The van der Waals surface area contributed by atoms with Crippen molar-refractivity contribution in [2.24, 2.45) is 0 Å². The van der Waals surface area contributed by atoms with E-state index in [-0.39, 0.29) is 11.9 Å².